The number of rotatable bonds is 8. The van der Waals surface area contributed by atoms with Gasteiger partial charge in [0.05, 0.1) is 13.7 Å². The molecular formula is C25H22N2O7. The molecule has 2 aromatic carbocycles. The molecule has 0 atom stereocenters. The van der Waals surface area contributed by atoms with Crippen molar-refractivity contribution in [2.75, 3.05) is 7.11 Å². The van der Waals surface area contributed by atoms with Gasteiger partial charge in [-0.2, -0.15) is 0 Å². The molecule has 1 aliphatic rings. The average Bonchev–Trinajstić information content (AvgIpc) is 3.40. The number of ether oxygens (including phenoxy) is 2. The van der Waals surface area contributed by atoms with Crippen LogP contribution in [0.1, 0.15) is 33.0 Å². The summed E-state index contributed by atoms with van der Waals surface area (Å²) in [7, 11) is 1.47. The molecule has 0 aliphatic carbocycles. The standard InChI is InChI=1S/C25H22N2O7/c1-15-3-5-16(6-4-15)13-27-23(28)19(26-25(27)31)11-17-7-9-20(22(12-17)32-2)33-14-18-8-10-21(34-18)24(29)30/h3-12H,13-14H2,1-2H3,(H,26,31)(H,29,30)/b19-11-. The van der Waals surface area contributed by atoms with Crippen molar-refractivity contribution in [3.05, 3.63) is 88.5 Å². The third kappa shape index (κ3) is 4.93. The number of hydrogen-bond acceptors (Lipinski definition) is 6. The lowest BCUT2D eigenvalue weighted by atomic mass is 10.1. The summed E-state index contributed by atoms with van der Waals surface area (Å²) in [6, 6.07) is 15.0. The summed E-state index contributed by atoms with van der Waals surface area (Å²) in [5, 5.41) is 11.5. The Morgan fingerprint density at radius 1 is 1.09 bits per heavy atom. The number of hydrogen-bond donors (Lipinski definition) is 2. The normalized spacial score (nSPS) is 14.4. The van der Waals surface area contributed by atoms with Gasteiger partial charge in [-0.15, -0.1) is 0 Å². The van der Waals surface area contributed by atoms with Crippen molar-refractivity contribution in [1.29, 1.82) is 0 Å². The molecule has 3 aromatic rings. The van der Waals surface area contributed by atoms with Crippen LogP contribution in [0, 0.1) is 6.92 Å². The summed E-state index contributed by atoms with van der Waals surface area (Å²) >= 11 is 0. The smallest absolute Gasteiger partial charge is 0.371 e. The zero-order valence-electron chi connectivity index (χ0n) is 18.5. The zero-order valence-corrected chi connectivity index (χ0v) is 18.5. The van der Waals surface area contributed by atoms with Gasteiger partial charge in [0.25, 0.3) is 5.91 Å². The zero-order chi connectivity index (χ0) is 24.2. The predicted octanol–water partition coefficient (Wildman–Crippen LogP) is 3.97. The van der Waals surface area contributed by atoms with Crippen molar-refractivity contribution in [3.63, 3.8) is 0 Å². The highest BCUT2D eigenvalue weighted by Gasteiger charge is 2.33. The van der Waals surface area contributed by atoms with E-state index in [1.54, 1.807) is 24.3 Å². The molecule has 3 amide bonds. The number of amides is 3. The van der Waals surface area contributed by atoms with Crippen LogP contribution in [0.3, 0.4) is 0 Å². The fraction of sp³-hybridized carbons (Fsp3) is 0.160. The summed E-state index contributed by atoms with van der Waals surface area (Å²) in [4.78, 5) is 37.2. The molecule has 4 rings (SSSR count). The highest BCUT2D eigenvalue weighted by molar-refractivity contribution is 6.13. The van der Waals surface area contributed by atoms with E-state index >= 15 is 0 Å². The summed E-state index contributed by atoms with van der Waals surface area (Å²) in [5.74, 6) is -0.608. The SMILES string of the molecule is COc1cc(/C=C2\NC(=O)N(Cc3ccc(C)cc3)C2=O)ccc1OCc1ccc(C(=O)O)o1. The van der Waals surface area contributed by atoms with Crippen molar-refractivity contribution in [3.8, 4) is 11.5 Å². The lowest BCUT2D eigenvalue weighted by Crippen LogP contribution is -2.30. The minimum absolute atomic E-state index is 0.00654. The number of aromatic carboxylic acids is 1. The topological polar surface area (TPSA) is 118 Å². The summed E-state index contributed by atoms with van der Waals surface area (Å²) in [6.07, 6.45) is 1.56. The molecule has 34 heavy (non-hydrogen) atoms. The van der Waals surface area contributed by atoms with Crippen LogP contribution in [0.25, 0.3) is 6.08 Å². The fourth-order valence-electron chi connectivity index (χ4n) is 3.37. The number of carbonyl (C=O) groups excluding carboxylic acids is 2. The van der Waals surface area contributed by atoms with E-state index in [0.717, 1.165) is 16.0 Å². The first-order chi connectivity index (χ1) is 16.3. The predicted molar refractivity (Wildman–Crippen MR) is 121 cm³/mol. The van der Waals surface area contributed by atoms with Gasteiger partial charge in [-0.25, -0.2) is 9.59 Å². The first-order valence-electron chi connectivity index (χ1n) is 10.4. The number of imide groups is 1. The first-order valence-corrected chi connectivity index (χ1v) is 10.4. The van der Waals surface area contributed by atoms with Crippen molar-refractivity contribution in [1.82, 2.24) is 10.2 Å². The Hall–Kier alpha value is -4.53. The van der Waals surface area contributed by atoms with E-state index in [2.05, 4.69) is 5.32 Å². The van der Waals surface area contributed by atoms with Crippen molar-refractivity contribution >= 4 is 24.0 Å². The highest BCUT2D eigenvalue weighted by Crippen LogP contribution is 2.30. The van der Waals surface area contributed by atoms with E-state index in [1.807, 2.05) is 31.2 Å². The van der Waals surface area contributed by atoms with Crippen LogP contribution < -0.4 is 14.8 Å². The summed E-state index contributed by atoms with van der Waals surface area (Å²) in [5.41, 5.74) is 2.73. The molecule has 174 valence electrons. The van der Waals surface area contributed by atoms with E-state index in [4.69, 9.17) is 19.0 Å². The molecule has 0 spiro atoms. The highest BCUT2D eigenvalue weighted by atomic mass is 16.5. The fourth-order valence-corrected chi connectivity index (χ4v) is 3.37. The number of nitrogens with zero attached hydrogens (tertiary/aromatic N) is 1. The maximum Gasteiger partial charge on any atom is 0.371 e. The lowest BCUT2D eigenvalue weighted by Gasteiger charge is -2.12. The number of furan rings is 1. The van der Waals surface area contributed by atoms with E-state index in [-0.39, 0.29) is 24.6 Å². The van der Waals surface area contributed by atoms with Crippen LogP contribution in [0.15, 0.2) is 64.7 Å². The molecule has 9 nitrogen and oxygen atoms in total. The maximum absolute atomic E-state index is 12.8. The second-order valence-electron chi connectivity index (χ2n) is 7.64. The van der Waals surface area contributed by atoms with E-state index < -0.39 is 17.9 Å². The minimum Gasteiger partial charge on any atom is -0.493 e. The largest absolute Gasteiger partial charge is 0.493 e. The maximum atomic E-state index is 12.8. The molecule has 0 bridgehead atoms. The number of aryl methyl sites for hydroxylation is 1. The Balaban J connectivity index is 1.46. The number of methoxy groups -OCH3 is 1. The van der Waals surface area contributed by atoms with Crippen LogP contribution in [0.5, 0.6) is 11.5 Å². The van der Waals surface area contributed by atoms with Gasteiger partial charge in [0.15, 0.2) is 11.5 Å². The molecule has 0 radical (unpaired) electrons. The van der Waals surface area contributed by atoms with Crippen molar-refractivity contribution in [2.45, 2.75) is 20.1 Å². The Labute approximate surface area is 195 Å². The van der Waals surface area contributed by atoms with Gasteiger partial charge < -0.3 is 24.3 Å². The van der Waals surface area contributed by atoms with Crippen molar-refractivity contribution < 1.29 is 33.4 Å². The molecule has 1 fully saturated rings. The van der Waals surface area contributed by atoms with Crippen LogP contribution in [-0.4, -0.2) is 35.0 Å². The van der Waals surface area contributed by atoms with Gasteiger partial charge >= 0.3 is 12.0 Å². The third-order valence-corrected chi connectivity index (χ3v) is 5.16. The molecule has 0 saturated carbocycles. The Morgan fingerprint density at radius 3 is 2.53 bits per heavy atom. The van der Waals surface area contributed by atoms with Crippen LogP contribution in [0.2, 0.25) is 0 Å². The molecular weight excluding hydrogens is 440 g/mol. The van der Waals surface area contributed by atoms with Gasteiger partial charge in [-0.3, -0.25) is 9.69 Å². The van der Waals surface area contributed by atoms with Gasteiger partial charge in [0.2, 0.25) is 5.76 Å². The van der Waals surface area contributed by atoms with Crippen molar-refractivity contribution in [2.24, 2.45) is 0 Å². The minimum atomic E-state index is -1.16. The van der Waals surface area contributed by atoms with E-state index in [9.17, 15) is 14.4 Å². The summed E-state index contributed by atoms with van der Waals surface area (Å²) in [6.45, 7) is 2.15. The second-order valence-corrected chi connectivity index (χ2v) is 7.64. The monoisotopic (exact) mass is 462 g/mol. The molecule has 9 heteroatoms. The Morgan fingerprint density at radius 2 is 1.85 bits per heavy atom. The number of urea groups is 1. The average molecular weight is 462 g/mol. The van der Waals surface area contributed by atoms with E-state index in [1.165, 1.54) is 19.2 Å². The van der Waals surface area contributed by atoms with Gasteiger partial charge in [-0.1, -0.05) is 35.9 Å². The molecule has 1 saturated heterocycles. The molecule has 2 N–H and O–H groups in total. The van der Waals surface area contributed by atoms with Gasteiger partial charge in [-0.05, 0) is 48.4 Å². The van der Waals surface area contributed by atoms with Gasteiger partial charge in [0, 0.05) is 0 Å². The van der Waals surface area contributed by atoms with Crippen LogP contribution in [-0.2, 0) is 17.9 Å². The van der Waals surface area contributed by atoms with E-state index in [0.29, 0.717) is 22.8 Å². The quantitative estimate of drug-likeness (QED) is 0.384. The number of carboxylic acid groups (broad SMARTS) is 1. The number of carboxylic acids is 1. The van der Waals surface area contributed by atoms with Gasteiger partial charge in [0.1, 0.15) is 18.1 Å². The van der Waals surface area contributed by atoms with Crippen LogP contribution >= 0.6 is 0 Å². The summed E-state index contributed by atoms with van der Waals surface area (Å²) < 4.78 is 16.2. The second kappa shape index (κ2) is 9.53. The molecule has 1 aromatic heterocycles. The number of carbonyl (C=O) groups is 3. The molecule has 0 unspecified atom stereocenters. The number of benzene rings is 2. The first kappa shape index (κ1) is 22.7. The molecule has 2 heterocycles. The molecule has 1 aliphatic heterocycles. The number of nitrogens with one attached hydrogen (secondary N) is 1. The Bertz CT molecular complexity index is 1270. The Kier molecular flexibility index (Phi) is 6.35. The van der Waals surface area contributed by atoms with Crippen LogP contribution in [0.4, 0.5) is 4.79 Å². The third-order valence-electron chi connectivity index (χ3n) is 5.16. The lowest BCUT2D eigenvalue weighted by molar-refractivity contribution is -0.123.